The van der Waals surface area contributed by atoms with Gasteiger partial charge in [-0.2, -0.15) is 9.49 Å². The molecule has 0 atom stereocenters. The van der Waals surface area contributed by atoms with Gasteiger partial charge in [0.15, 0.2) is 0 Å². The molecule has 0 aromatic carbocycles. The van der Waals surface area contributed by atoms with Gasteiger partial charge >= 0.3 is 0 Å². The van der Waals surface area contributed by atoms with Crippen LogP contribution in [-0.4, -0.2) is 9.78 Å². The summed E-state index contributed by atoms with van der Waals surface area (Å²) in [6.07, 6.45) is 3.32. The topological polar surface area (TPSA) is 17.8 Å². The maximum absolute atomic E-state index is 12.4. The van der Waals surface area contributed by atoms with Crippen LogP contribution in [0.5, 0.6) is 0 Å². The highest BCUT2D eigenvalue weighted by molar-refractivity contribution is 4.80. The molecule has 0 amide bonds. The van der Waals surface area contributed by atoms with Gasteiger partial charge in [-0.05, 0) is 6.42 Å². The average Bonchev–Trinajstić information content (AvgIpc) is 2.18. The molecule has 1 aromatic rings. The van der Waals surface area contributed by atoms with Crippen molar-refractivity contribution >= 4 is 0 Å². The quantitative estimate of drug-likeness (QED) is 0.584. The Morgan fingerprint density at radius 2 is 2.67 bits per heavy atom. The van der Waals surface area contributed by atoms with E-state index in [-0.39, 0.29) is 5.95 Å². The Balaban J connectivity index is 2.69. The highest BCUT2D eigenvalue weighted by Gasteiger charge is 1.96. The average molecular weight is 127 g/mol. The molecule has 0 N–H and O–H groups in total. The highest BCUT2D eigenvalue weighted by atomic mass is 19.1. The summed E-state index contributed by atoms with van der Waals surface area (Å²) in [6, 6.07) is 1.23. The zero-order chi connectivity index (χ0) is 6.69. The number of nitrogens with zero attached hydrogens (tertiary/aromatic N) is 2. The summed E-state index contributed by atoms with van der Waals surface area (Å²) < 4.78 is 13.7. The number of hydrogen-bond donors (Lipinski definition) is 0. The van der Waals surface area contributed by atoms with E-state index in [0.29, 0.717) is 6.54 Å². The van der Waals surface area contributed by atoms with Crippen LogP contribution in [0.4, 0.5) is 4.39 Å². The van der Waals surface area contributed by atoms with E-state index in [1.54, 1.807) is 0 Å². The highest BCUT2D eigenvalue weighted by Crippen LogP contribution is 1.94. The summed E-state index contributed by atoms with van der Waals surface area (Å²) in [5.41, 5.74) is 0. The maximum Gasteiger partial charge on any atom is 0.212 e. The third-order valence-electron chi connectivity index (χ3n) is 1.04. The van der Waals surface area contributed by atoms with Crippen molar-refractivity contribution in [3.8, 4) is 0 Å². The fourth-order valence-corrected chi connectivity index (χ4v) is 0.643. The van der Waals surface area contributed by atoms with E-state index in [0.717, 1.165) is 6.42 Å². The van der Waals surface area contributed by atoms with Crippen molar-refractivity contribution in [1.82, 2.24) is 9.78 Å². The van der Waals surface area contributed by atoms with Gasteiger partial charge in [0.1, 0.15) is 6.20 Å². The van der Waals surface area contributed by atoms with Gasteiger partial charge in [-0.25, -0.2) is 4.68 Å². The predicted octanol–water partition coefficient (Wildman–Crippen LogP) is 1.23. The molecule has 0 bridgehead atoms. The SMILES string of the molecule is CCCn1n[c]cc1F. The zero-order valence-corrected chi connectivity index (χ0v) is 5.26. The van der Waals surface area contributed by atoms with E-state index in [9.17, 15) is 4.39 Å². The molecule has 1 heterocycles. The first-order valence-corrected chi connectivity index (χ1v) is 2.94. The lowest BCUT2D eigenvalue weighted by Crippen LogP contribution is -2.00. The van der Waals surface area contributed by atoms with Crippen LogP contribution in [0.2, 0.25) is 0 Å². The normalized spacial score (nSPS) is 10.0. The van der Waals surface area contributed by atoms with Gasteiger partial charge in [0.25, 0.3) is 0 Å². The summed E-state index contributed by atoms with van der Waals surface area (Å²) in [7, 11) is 0. The lowest BCUT2D eigenvalue weighted by molar-refractivity contribution is 0.453. The van der Waals surface area contributed by atoms with Crippen LogP contribution in [0.25, 0.3) is 0 Å². The van der Waals surface area contributed by atoms with E-state index < -0.39 is 0 Å². The third-order valence-corrected chi connectivity index (χ3v) is 1.04. The second-order valence-electron chi connectivity index (χ2n) is 1.82. The Morgan fingerprint density at radius 1 is 1.89 bits per heavy atom. The molecule has 0 aliphatic heterocycles. The maximum atomic E-state index is 12.4. The van der Waals surface area contributed by atoms with Crippen molar-refractivity contribution in [1.29, 1.82) is 0 Å². The number of aromatic nitrogens is 2. The molecule has 1 aromatic heterocycles. The number of hydrogen-bond acceptors (Lipinski definition) is 1. The fraction of sp³-hybridized carbons (Fsp3) is 0.500. The summed E-state index contributed by atoms with van der Waals surface area (Å²) in [6.45, 7) is 2.61. The molecule has 0 unspecified atom stereocenters. The first kappa shape index (κ1) is 6.26. The van der Waals surface area contributed by atoms with E-state index in [2.05, 4.69) is 11.3 Å². The predicted molar refractivity (Wildman–Crippen MR) is 31.3 cm³/mol. The van der Waals surface area contributed by atoms with E-state index in [1.807, 2.05) is 6.92 Å². The summed E-state index contributed by atoms with van der Waals surface area (Å²) in [4.78, 5) is 0. The Kier molecular flexibility index (Phi) is 1.82. The molecule has 0 saturated carbocycles. The monoisotopic (exact) mass is 127 g/mol. The molecule has 9 heavy (non-hydrogen) atoms. The minimum absolute atomic E-state index is 0.308. The molecule has 2 nitrogen and oxygen atoms in total. The summed E-state index contributed by atoms with van der Waals surface area (Å²) >= 11 is 0. The van der Waals surface area contributed by atoms with Crippen LogP contribution in [0.15, 0.2) is 6.07 Å². The Labute approximate surface area is 53.3 Å². The molecule has 0 aliphatic carbocycles. The largest absolute Gasteiger partial charge is 0.239 e. The number of aryl methyl sites for hydroxylation is 1. The molecule has 0 spiro atoms. The molecular weight excluding hydrogens is 119 g/mol. The van der Waals surface area contributed by atoms with Gasteiger partial charge in [0.05, 0.1) is 0 Å². The molecule has 0 fully saturated rings. The summed E-state index contributed by atoms with van der Waals surface area (Å²) in [5, 5.41) is 3.62. The molecule has 49 valence electrons. The van der Waals surface area contributed by atoms with Crippen molar-refractivity contribution in [3.63, 3.8) is 0 Å². The van der Waals surface area contributed by atoms with E-state index in [4.69, 9.17) is 0 Å². The smallest absolute Gasteiger partial charge is 0.212 e. The second-order valence-corrected chi connectivity index (χ2v) is 1.82. The van der Waals surface area contributed by atoms with E-state index >= 15 is 0 Å². The number of rotatable bonds is 2. The summed E-state index contributed by atoms with van der Waals surface area (Å²) in [5.74, 6) is -0.308. The first-order chi connectivity index (χ1) is 4.34. The minimum Gasteiger partial charge on any atom is -0.239 e. The van der Waals surface area contributed by atoms with Crippen molar-refractivity contribution in [2.75, 3.05) is 0 Å². The third kappa shape index (κ3) is 1.28. The minimum atomic E-state index is -0.308. The van der Waals surface area contributed by atoms with Gasteiger partial charge in [0.2, 0.25) is 5.95 Å². The zero-order valence-electron chi connectivity index (χ0n) is 5.26. The van der Waals surface area contributed by atoms with E-state index in [1.165, 1.54) is 10.7 Å². The van der Waals surface area contributed by atoms with Crippen molar-refractivity contribution in [2.24, 2.45) is 0 Å². The molecule has 0 aliphatic rings. The Hall–Kier alpha value is -0.860. The van der Waals surface area contributed by atoms with Crippen LogP contribution in [-0.2, 0) is 6.54 Å². The van der Waals surface area contributed by atoms with Crippen LogP contribution >= 0.6 is 0 Å². The van der Waals surface area contributed by atoms with Crippen LogP contribution < -0.4 is 0 Å². The van der Waals surface area contributed by atoms with Crippen molar-refractivity contribution < 1.29 is 4.39 Å². The van der Waals surface area contributed by atoms with Crippen LogP contribution in [0.3, 0.4) is 0 Å². The fourth-order valence-electron chi connectivity index (χ4n) is 0.643. The Bertz CT molecular complexity index is 183. The van der Waals surface area contributed by atoms with Crippen LogP contribution in [0.1, 0.15) is 13.3 Å². The molecule has 1 radical (unpaired) electrons. The molecule has 3 heteroatoms. The van der Waals surface area contributed by atoms with Gasteiger partial charge in [0, 0.05) is 12.6 Å². The van der Waals surface area contributed by atoms with Crippen molar-refractivity contribution in [2.45, 2.75) is 19.9 Å². The van der Waals surface area contributed by atoms with Gasteiger partial charge in [-0.1, -0.05) is 6.92 Å². The van der Waals surface area contributed by atoms with Gasteiger partial charge in [-0.3, -0.25) is 0 Å². The standard InChI is InChI=1S/C6H8FN2/c1-2-5-9-6(7)3-4-8-9/h3H,2,5H2,1H3. The van der Waals surface area contributed by atoms with Gasteiger partial charge in [-0.15, -0.1) is 0 Å². The number of halogens is 1. The molecule has 1 rings (SSSR count). The lowest BCUT2D eigenvalue weighted by Gasteiger charge is -1.95. The first-order valence-electron chi connectivity index (χ1n) is 2.94. The molecule has 0 saturated heterocycles. The van der Waals surface area contributed by atoms with Crippen LogP contribution in [0, 0.1) is 12.1 Å². The lowest BCUT2D eigenvalue weighted by atomic mass is 10.5. The Morgan fingerprint density at radius 3 is 3.11 bits per heavy atom. The van der Waals surface area contributed by atoms with Gasteiger partial charge < -0.3 is 0 Å². The molecular formula is C6H8FN2. The van der Waals surface area contributed by atoms with Crippen molar-refractivity contribution in [3.05, 3.63) is 18.2 Å². The second kappa shape index (κ2) is 2.62.